The summed E-state index contributed by atoms with van der Waals surface area (Å²) < 4.78 is 0. The Morgan fingerprint density at radius 1 is 1.19 bits per heavy atom. The molecule has 0 aromatic heterocycles. The minimum absolute atomic E-state index is 0.395. The van der Waals surface area contributed by atoms with Gasteiger partial charge in [-0.15, -0.1) is 0 Å². The maximum absolute atomic E-state index is 6.57. The summed E-state index contributed by atoms with van der Waals surface area (Å²) in [6.45, 7) is 12.2. The Hall–Kier alpha value is -0.120. The Morgan fingerprint density at radius 2 is 1.75 bits per heavy atom. The standard InChI is InChI=1S/C13H25N3/c1-10(2)5-13-8-15-3-4-16(9-13)7-11(6-15)12(13)14/h10-12H,3-9,14H2,1-2H3. The van der Waals surface area contributed by atoms with Crippen LogP contribution in [-0.2, 0) is 0 Å². The molecule has 0 radical (unpaired) electrons. The number of hydrogen-bond donors (Lipinski definition) is 1. The lowest BCUT2D eigenvalue weighted by Crippen LogP contribution is -2.66. The summed E-state index contributed by atoms with van der Waals surface area (Å²) in [6.07, 6.45) is 1.30. The fourth-order valence-electron chi connectivity index (χ4n) is 4.43. The van der Waals surface area contributed by atoms with Gasteiger partial charge in [0.1, 0.15) is 0 Å². The van der Waals surface area contributed by atoms with Gasteiger partial charge in [0, 0.05) is 56.6 Å². The van der Waals surface area contributed by atoms with Crippen molar-refractivity contribution < 1.29 is 0 Å². The first-order valence-electron chi connectivity index (χ1n) is 6.79. The molecule has 2 N–H and O–H groups in total. The van der Waals surface area contributed by atoms with E-state index in [2.05, 4.69) is 23.6 Å². The predicted octanol–water partition coefficient (Wildman–Crippen LogP) is 0.607. The molecule has 4 fully saturated rings. The highest BCUT2D eigenvalue weighted by Gasteiger charge is 2.52. The first kappa shape index (κ1) is 11.0. The Morgan fingerprint density at radius 3 is 2.25 bits per heavy atom. The van der Waals surface area contributed by atoms with Crippen LogP contribution in [-0.4, -0.2) is 55.1 Å². The summed E-state index contributed by atoms with van der Waals surface area (Å²) in [7, 11) is 0. The third-order valence-electron chi connectivity index (χ3n) is 4.82. The van der Waals surface area contributed by atoms with E-state index in [0.29, 0.717) is 11.5 Å². The number of rotatable bonds is 2. The number of hydrogen-bond acceptors (Lipinski definition) is 3. The molecule has 0 aromatic rings. The van der Waals surface area contributed by atoms with Gasteiger partial charge in [-0.2, -0.15) is 0 Å². The van der Waals surface area contributed by atoms with Gasteiger partial charge in [0.05, 0.1) is 0 Å². The van der Waals surface area contributed by atoms with Crippen molar-refractivity contribution in [1.82, 2.24) is 9.80 Å². The number of piperidine rings is 2. The van der Waals surface area contributed by atoms with Gasteiger partial charge in [-0.3, -0.25) is 0 Å². The molecule has 4 heterocycles. The van der Waals surface area contributed by atoms with Gasteiger partial charge in [0.2, 0.25) is 0 Å². The van der Waals surface area contributed by atoms with Gasteiger partial charge in [-0.05, 0) is 12.3 Å². The molecular weight excluding hydrogens is 198 g/mol. The van der Waals surface area contributed by atoms with Crippen LogP contribution in [0.15, 0.2) is 0 Å². The molecule has 4 rings (SSSR count). The second-order valence-electron chi connectivity index (χ2n) is 6.72. The Kier molecular flexibility index (Phi) is 2.54. The van der Waals surface area contributed by atoms with Crippen LogP contribution in [0.4, 0.5) is 0 Å². The van der Waals surface area contributed by atoms with Gasteiger partial charge < -0.3 is 15.5 Å². The number of fused-ring (bicyclic) bond motifs is 1. The lowest BCUT2D eigenvalue weighted by molar-refractivity contribution is -0.0292. The summed E-state index contributed by atoms with van der Waals surface area (Å²) in [6, 6.07) is 0.445. The minimum atomic E-state index is 0.395. The molecule has 92 valence electrons. The van der Waals surface area contributed by atoms with E-state index in [1.165, 1.54) is 45.7 Å². The largest absolute Gasteiger partial charge is 0.327 e. The minimum Gasteiger partial charge on any atom is -0.327 e. The van der Waals surface area contributed by atoms with Crippen molar-refractivity contribution in [3.05, 3.63) is 0 Å². The summed E-state index contributed by atoms with van der Waals surface area (Å²) in [5.41, 5.74) is 6.96. The zero-order valence-corrected chi connectivity index (χ0v) is 10.7. The van der Waals surface area contributed by atoms with E-state index in [-0.39, 0.29) is 0 Å². The Labute approximate surface area is 99.0 Å². The zero-order valence-electron chi connectivity index (χ0n) is 10.7. The van der Waals surface area contributed by atoms with E-state index >= 15 is 0 Å². The van der Waals surface area contributed by atoms with Crippen molar-refractivity contribution in [2.24, 2.45) is 23.0 Å². The van der Waals surface area contributed by atoms with Crippen molar-refractivity contribution in [2.75, 3.05) is 39.3 Å². The van der Waals surface area contributed by atoms with Crippen molar-refractivity contribution >= 4 is 0 Å². The van der Waals surface area contributed by atoms with Gasteiger partial charge in [-0.1, -0.05) is 13.8 Å². The van der Waals surface area contributed by atoms with Crippen LogP contribution in [0.3, 0.4) is 0 Å². The fraction of sp³-hybridized carbons (Fsp3) is 1.00. The molecule has 3 heteroatoms. The van der Waals surface area contributed by atoms with E-state index in [9.17, 15) is 0 Å². The van der Waals surface area contributed by atoms with Crippen molar-refractivity contribution in [2.45, 2.75) is 26.3 Å². The van der Waals surface area contributed by atoms with Crippen LogP contribution in [0.25, 0.3) is 0 Å². The predicted molar refractivity (Wildman–Crippen MR) is 66.2 cm³/mol. The average molecular weight is 223 g/mol. The maximum atomic E-state index is 6.57. The van der Waals surface area contributed by atoms with Gasteiger partial charge >= 0.3 is 0 Å². The number of nitrogens with zero attached hydrogens (tertiary/aromatic N) is 2. The molecule has 0 aromatic carbocycles. The molecule has 3 atom stereocenters. The normalized spacial score (nSPS) is 51.0. The second kappa shape index (κ2) is 3.69. The lowest BCUT2D eigenvalue weighted by Gasteiger charge is -2.55. The molecule has 0 saturated carbocycles. The molecule has 4 aliphatic rings. The summed E-state index contributed by atoms with van der Waals surface area (Å²) in [5, 5.41) is 0. The maximum Gasteiger partial charge on any atom is 0.0173 e. The monoisotopic (exact) mass is 223 g/mol. The highest BCUT2D eigenvalue weighted by molar-refractivity contribution is 5.07. The first-order valence-corrected chi connectivity index (χ1v) is 6.79. The molecule has 3 unspecified atom stereocenters. The van der Waals surface area contributed by atoms with Crippen LogP contribution in [0, 0.1) is 17.3 Å². The van der Waals surface area contributed by atoms with E-state index in [1.54, 1.807) is 0 Å². The molecule has 0 aliphatic carbocycles. The third kappa shape index (κ3) is 1.60. The molecule has 16 heavy (non-hydrogen) atoms. The van der Waals surface area contributed by atoms with Crippen LogP contribution >= 0.6 is 0 Å². The first-order chi connectivity index (χ1) is 7.59. The van der Waals surface area contributed by atoms with Crippen LogP contribution < -0.4 is 5.73 Å². The van der Waals surface area contributed by atoms with Gasteiger partial charge in [0.25, 0.3) is 0 Å². The van der Waals surface area contributed by atoms with Crippen molar-refractivity contribution in [1.29, 1.82) is 0 Å². The molecule has 0 amide bonds. The van der Waals surface area contributed by atoms with E-state index in [0.717, 1.165) is 11.8 Å². The molecule has 4 aliphatic heterocycles. The SMILES string of the molecule is CC(C)CC12CN3CCN(CC(C3)C1N)C2. The Bertz CT molecular complexity index is 260. The second-order valence-corrected chi connectivity index (χ2v) is 6.72. The topological polar surface area (TPSA) is 32.5 Å². The van der Waals surface area contributed by atoms with Gasteiger partial charge in [-0.25, -0.2) is 0 Å². The lowest BCUT2D eigenvalue weighted by atomic mass is 9.65. The molecule has 0 spiro atoms. The van der Waals surface area contributed by atoms with Crippen LogP contribution in [0.5, 0.6) is 0 Å². The van der Waals surface area contributed by atoms with Crippen molar-refractivity contribution in [3.63, 3.8) is 0 Å². The third-order valence-corrected chi connectivity index (χ3v) is 4.82. The van der Waals surface area contributed by atoms with Crippen LogP contribution in [0.1, 0.15) is 20.3 Å². The number of nitrogens with two attached hydrogens (primary N) is 1. The highest BCUT2D eigenvalue weighted by Crippen LogP contribution is 2.43. The van der Waals surface area contributed by atoms with Crippen molar-refractivity contribution in [3.8, 4) is 0 Å². The van der Waals surface area contributed by atoms with E-state index in [1.807, 2.05) is 0 Å². The summed E-state index contributed by atoms with van der Waals surface area (Å²) in [5.74, 6) is 1.49. The molecular formula is C13H25N3. The van der Waals surface area contributed by atoms with Crippen LogP contribution in [0.2, 0.25) is 0 Å². The highest BCUT2D eigenvalue weighted by atomic mass is 15.3. The average Bonchev–Trinajstić information content (AvgIpc) is 2.41. The smallest absolute Gasteiger partial charge is 0.0173 e. The quantitative estimate of drug-likeness (QED) is 0.744. The molecule has 4 bridgehead atoms. The fourth-order valence-corrected chi connectivity index (χ4v) is 4.43. The van der Waals surface area contributed by atoms with E-state index in [4.69, 9.17) is 5.73 Å². The Balaban J connectivity index is 1.90. The molecule has 4 saturated heterocycles. The summed E-state index contributed by atoms with van der Waals surface area (Å²) in [4.78, 5) is 5.34. The summed E-state index contributed by atoms with van der Waals surface area (Å²) >= 11 is 0. The molecule has 3 nitrogen and oxygen atoms in total. The van der Waals surface area contributed by atoms with Gasteiger partial charge in [0.15, 0.2) is 0 Å². The zero-order chi connectivity index (χ0) is 11.3. The van der Waals surface area contributed by atoms with E-state index < -0.39 is 0 Å².